The van der Waals surface area contributed by atoms with E-state index in [1.807, 2.05) is 19.1 Å². The van der Waals surface area contributed by atoms with E-state index in [1.165, 1.54) is 17.6 Å². The smallest absolute Gasteiger partial charge is 0.323 e. The van der Waals surface area contributed by atoms with Crippen LogP contribution in [0.3, 0.4) is 0 Å². The van der Waals surface area contributed by atoms with Crippen molar-refractivity contribution in [2.24, 2.45) is 0 Å². The monoisotopic (exact) mass is 290 g/mol. The van der Waals surface area contributed by atoms with Gasteiger partial charge in [0.1, 0.15) is 0 Å². The second-order valence-corrected chi connectivity index (χ2v) is 5.14. The van der Waals surface area contributed by atoms with Gasteiger partial charge in [-0.15, -0.1) is 0 Å². The summed E-state index contributed by atoms with van der Waals surface area (Å²) in [6.45, 7) is 0.215. The van der Waals surface area contributed by atoms with Crippen molar-refractivity contribution < 1.29 is 17.7 Å². The van der Waals surface area contributed by atoms with Gasteiger partial charge in [0.2, 0.25) is 0 Å². The minimum Gasteiger partial charge on any atom is -0.323 e. The molecule has 1 aromatic carbocycles. The summed E-state index contributed by atoms with van der Waals surface area (Å²) in [7, 11) is 0. The topological polar surface area (TPSA) is 18.5 Å². The highest BCUT2D eigenvalue weighted by Gasteiger charge is 2.00. The molecule has 19 heavy (non-hydrogen) atoms. The molecule has 0 atom stereocenters. The first-order valence-electron chi connectivity index (χ1n) is 6.44. The molecule has 1 rings (SSSR count). The van der Waals surface area contributed by atoms with E-state index in [9.17, 15) is 8.78 Å². The molecular formula is C14H20F2O2S. The van der Waals surface area contributed by atoms with Crippen LogP contribution in [0.4, 0.5) is 8.78 Å². The Bertz CT molecular complexity index is 331. The van der Waals surface area contributed by atoms with Crippen LogP contribution < -0.4 is 0 Å². The number of hydrogen-bond donors (Lipinski definition) is 0. The largest absolute Gasteiger partial charge is 0.345 e. The first kappa shape index (κ1) is 16.4. The van der Waals surface area contributed by atoms with Crippen molar-refractivity contribution >= 4 is 12.0 Å². The van der Waals surface area contributed by atoms with Crippen LogP contribution in [0.25, 0.3) is 0 Å². The third kappa shape index (κ3) is 8.97. The summed E-state index contributed by atoms with van der Waals surface area (Å²) in [4.78, 5) is 1.09. The highest BCUT2D eigenvalue weighted by molar-refractivity contribution is 7.94. The normalized spacial score (nSPS) is 11.2. The second-order valence-electron chi connectivity index (χ2n) is 4.26. The average Bonchev–Trinajstić information content (AvgIpc) is 2.38. The molecule has 0 saturated heterocycles. The summed E-state index contributed by atoms with van der Waals surface area (Å²) in [6.07, 6.45) is 3.48. The minimum absolute atomic E-state index is 0.136. The second kappa shape index (κ2) is 10.2. The summed E-state index contributed by atoms with van der Waals surface area (Å²) < 4.78 is 32.9. The average molecular weight is 290 g/mol. The molecule has 0 fully saturated rings. The van der Waals surface area contributed by atoms with E-state index in [4.69, 9.17) is 4.18 Å². The molecule has 0 aliphatic carbocycles. The highest BCUT2D eigenvalue weighted by atomic mass is 32.2. The van der Waals surface area contributed by atoms with Gasteiger partial charge in [-0.05, 0) is 31.9 Å². The van der Waals surface area contributed by atoms with Gasteiger partial charge in [0.25, 0.3) is 0 Å². The molecule has 0 saturated carbocycles. The van der Waals surface area contributed by atoms with Gasteiger partial charge in [0, 0.05) is 16.9 Å². The summed E-state index contributed by atoms with van der Waals surface area (Å²) >= 11 is 1.38. The molecule has 1 aromatic rings. The fraction of sp³-hybridized carbons (Fsp3) is 0.571. The van der Waals surface area contributed by atoms with Gasteiger partial charge in [0.05, 0.1) is 13.2 Å². The number of halogens is 2. The molecule has 0 unspecified atom stereocenters. The standard InChI is InChI=1S/C14H20F2O2S/c1-12-6-8-13(9-7-12)19-18-11-5-3-2-4-10-17-14(15)16/h6-9,14H,2-5,10-11H2,1H3. The Kier molecular flexibility index (Phi) is 8.79. The number of alkyl halides is 2. The zero-order valence-electron chi connectivity index (χ0n) is 11.1. The molecule has 5 heteroatoms. The lowest BCUT2D eigenvalue weighted by atomic mass is 10.2. The van der Waals surface area contributed by atoms with E-state index in [0.29, 0.717) is 13.0 Å². The first-order chi connectivity index (χ1) is 9.18. The van der Waals surface area contributed by atoms with Crippen LogP contribution in [0, 0.1) is 6.92 Å². The highest BCUT2D eigenvalue weighted by Crippen LogP contribution is 2.19. The van der Waals surface area contributed by atoms with Gasteiger partial charge in [-0.3, -0.25) is 0 Å². The fourth-order valence-electron chi connectivity index (χ4n) is 1.49. The fourth-order valence-corrected chi connectivity index (χ4v) is 2.08. The summed E-state index contributed by atoms with van der Waals surface area (Å²) in [5.41, 5.74) is 1.23. The predicted molar refractivity (Wildman–Crippen MR) is 73.4 cm³/mol. The third-order valence-corrected chi connectivity index (χ3v) is 3.29. The molecule has 0 aliphatic heterocycles. The van der Waals surface area contributed by atoms with E-state index in [0.717, 1.165) is 24.2 Å². The Morgan fingerprint density at radius 2 is 1.63 bits per heavy atom. The summed E-state index contributed by atoms with van der Waals surface area (Å²) in [5, 5.41) is 0. The van der Waals surface area contributed by atoms with Crippen LogP contribution in [-0.4, -0.2) is 19.8 Å². The molecule has 0 bridgehead atoms. The van der Waals surface area contributed by atoms with Crippen molar-refractivity contribution in [1.82, 2.24) is 0 Å². The lowest BCUT2D eigenvalue weighted by Crippen LogP contribution is -2.00. The number of benzene rings is 1. The van der Waals surface area contributed by atoms with Crippen molar-refractivity contribution in [3.63, 3.8) is 0 Å². The van der Waals surface area contributed by atoms with Crippen LogP contribution in [-0.2, 0) is 8.92 Å². The molecule has 0 aromatic heterocycles. The lowest BCUT2D eigenvalue weighted by molar-refractivity contribution is -0.129. The van der Waals surface area contributed by atoms with E-state index in [1.54, 1.807) is 0 Å². The Morgan fingerprint density at radius 1 is 1.00 bits per heavy atom. The molecular weight excluding hydrogens is 270 g/mol. The third-order valence-electron chi connectivity index (χ3n) is 2.54. The van der Waals surface area contributed by atoms with Crippen LogP contribution in [0.15, 0.2) is 29.2 Å². The Balaban J connectivity index is 1.90. The van der Waals surface area contributed by atoms with Crippen molar-refractivity contribution in [3.8, 4) is 0 Å². The summed E-state index contributed by atoms with van der Waals surface area (Å²) in [6, 6.07) is 8.16. The maximum absolute atomic E-state index is 11.7. The minimum atomic E-state index is -2.64. The molecule has 0 heterocycles. The molecule has 2 nitrogen and oxygen atoms in total. The molecule has 0 radical (unpaired) electrons. The Morgan fingerprint density at radius 3 is 2.26 bits per heavy atom. The number of rotatable bonds is 10. The maximum atomic E-state index is 11.7. The zero-order chi connectivity index (χ0) is 13.9. The van der Waals surface area contributed by atoms with Crippen molar-refractivity contribution in [2.75, 3.05) is 13.2 Å². The SMILES string of the molecule is Cc1ccc(SOCCCCCCOC(F)F)cc1. The van der Waals surface area contributed by atoms with Gasteiger partial charge in [-0.1, -0.05) is 30.5 Å². The van der Waals surface area contributed by atoms with Crippen molar-refractivity contribution in [3.05, 3.63) is 29.8 Å². The van der Waals surface area contributed by atoms with Gasteiger partial charge in [0.15, 0.2) is 0 Å². The van der Waals surface area contributed by atoms with Crippen LogP contribution in [0.5, 0.6) is 0 Å². The zero-order valence-corrected chi connectivity index (χ0v) is 11.9. The number of unbranched alkanes of at least 4 members (excludes halogenated alkanes) is 3. The Hall–Kier alpha value is -0.650. The van der Waals surface area contributed by atoms with Gasteiger partial charge < -0.3 is 8.92 Å². The van der Waals surface area contributed by atoms with Crippen molar-refractivity contribution in [2.45, 2.75) is 44.1 Å². The number of aryl methyl sites for hydroxylation is 1. The van der Waals surface area contributed by atoms with Crippen molar-refractivity contribution in [1.29, 1.82) is 0 Å². The number of hydrogen-bond acceptors (Lipinski definition) is 3. The van der Waals surface area contributed by atoms with Gasteiger partial charge in [-0.25, -0.2) is 0 Å². The first-order valence-corrected chi connectivity index (χ1v) is 7.18. The van der Waals surface area contributed by atoms with Gasteiger partial charge in [-0.2, -0.15) is 8.78 Å². The molecule has 0 spiro atoms. The predicted octanol–water partition coefficient (Wildman–Crippen LogP) is 4.82. The maximum Gasteiger partial charge on any atom is 0.345 e. The molecule has 0 N–H and O–H groups in total. The quantitative estimate of drug-likeness (QED) is 0.455. The summed E-state index contributed by atoms with van der Waals surface area (Å²) in [5.74, 6) is 0. The number of ether oxygens (including phenoxy) is 1. The molecule has 0 amide bonds. The van der Waals surface area contributed by atoms with E-state index >= 15 is 0 Å². The molecule has 0 aliphatic rings. The van der Waals surface area contributed by atoms with Crippen LogP contribution >= 0.6 is 12.0 Å². The van der Waals surface area contributed by atoms with Gasteiger partial charge >= 0.3 is 6.61 Å². The van der Waals surface area contributed by atoms with E-state index < -0.39 is 6.61 Å². The van der Waals surface area contributed by atoms with Crippen LogP contribution in [0.2, 0.25) is 0 Å². The Labute approximate surface area is 117 Å². The molecule has 108 valence electrons. The van der Waals surface area contributed by atoms with E-state index in [-0.39, 0.29) is 6.61 Å². The van der Waals surface area contributed by atoms with Crippen LogP contribution in [0.1, 0.15) is 31.2 Å². The lowest BCUT2D eigenvalue weighted by Gasteiger charge is -2.04. The van der Waals surface area contributed by atoms with E-state index in [2.05, 4.69) is 16.9 Å².